The Kier molecular flexibility index (Phi) is 7.09. The normalized spacial score (nSPS) is 17.3. The summed E-state index contributed by atoms with van der Waals surface area (Å²) >= 11 is 0. The second kappa shape index (κ2) is 10.4. The number of aromatic nitrogens is 2. The van der Waals surface area contributed by atoms with Crippen molar-refractivity contribution < 1.29 is 24.0 Å². The largest absolute Gasteiger partial charge is 0.384 e. The van der Waals surface area contributed by atoms with Crippen molar-refractivity contribution in [3.8, 4) is 0 Å². The van der Waals surface area contributed by atoms with E-state index in [0.29, 0.717) is 37.4 Å². The molecule has 0 radical (unpaired) electrons. The summed E-state index contributed by atoms with van der Waals surface area (Å²) in [5, 5.41) is 15.0. The van der Waals surface area contributed by atoms with Gasteiger partial charge in [0, 0.05) is 44.0 Å². The molecule has 2 aromatic rings. The van der Waals surface area contributed by atoms with E-state index in [4.69, 9.17) is 0 Å². The van der Waals surface area contributed by atoms with Gasteiger partial charge < -0.3 is 10.6 Å². The third-order valence-corrected chi connectivity index (χ3v) is 5.88. The fraction of sp³-hybridized carbons (Fsp3) is 0.391. The predicted molar refractivity (Wildman–Crippen MR) is 126 cm³/mol. The molecule has 1 unspecified atom stereocenters. The van der Waals surface area contributed by atoms with E-state index in [0.717, 1.165) is 11.4 Å². The van der Waals surface area contributed by atoms with Crippen LogP contribution in [-0.2, 0) is 16.1 Å². The Labute approximate surface area is 201 Å². The summed E-state index contributed by atoms with van der Waals surface area (Å²) in [6, 6.07) is 5.32. The molecule has 3 heterocycles. The molecule has 12 nitrogen and oxygen atoms in total. The number of anilines is 2. The third-order valence-electron chi connectivity index (χ3n) is 5.88. The maximum Gasteiger partial charge on any atom is 0.320 e. The van der Waals surface area contributed by atoms with Crippen molar-refractivity contribution in [2.45, 2.75) is 45.2 Å². The molecule has 1 atom stereocenters. The molecule has 0 aliphatic carbocycles. The molecule has 2 aliphatic rings. The van der Waals surface area contributed by atoms with Crippen LogP contribution < -0.4 is 21.3 Å². The van der Waals surface area contributed by atoms with Crippen LogP contribution in [0.5, 0.6) is 0 Å². The number of carbonyl (C=O) groups excluding carboxylic acids is 5. The average Bonchev–Trinajstić information content (AvgIpc) is 3.39. The van der Waals surface area contributed by atoms with E-state index in [-0.39, 0.29) is 30.0 Å². The Hall–Kier alpha value is -4.22. The van der Waals surface area contributed by atoms with Crippen molar-refractivity contribution in [1.29, 1.82) is 0 Å². The zero-order valence-corrected chi connectivity index (χ0v) is 19.3. The van der Waals surface area contributed by atoms with Crippen molar-refractivity contribution in [2.24, 2.45) is 0 Å². The molecule has 2 aliphatic heterocycles. The van der Waals surface area contributed by atoms with Gasteiger partial charge >= 0.3 is 6.03 Å². The Balaban J connectivity index is 1.26. The number of amides is 6. The molecule has 12 heteroatoms. The number of imide groups is 2. The number of nitrogens with zero attached hydrogens (tertiary/aromatic N) is 3. The Morgan fingerprint density at radius 1 is 1.11 bits per heavy atom. The van der Waals surface area contributed by atoms with Gasteiger partial charge in [0.25, 0.3) is 11.8 Å². The number of hydrogen-bond acceptors (Lipinski definition) is 7. The summed E-state index contributed by atoms with van der Waals surface area (Å²) < 4.78 is 1.71. The number of piperidine rings is 1. The van der Waals surface area contributed by atoms with Crippen molar-refractivity contribution in [3.05, 3.63) is 41.6 Å². The molecular weight excluding hydrogens is 454 g/mol. The van der Waals surface area contributed by atoms with Crippen LogP contribution in [0, 0.1) is 0 Å². The first-order chi connectivity index (χ1) is 16.9. The number of aryl methyl sites for hydroxylation is 1. The summed E-state index contributed by atoms with van der Waals surface area (Å²) in [6.45, 7) is 3.64. The summed E-state index contributed by atoms with van der Waals surface area (Å²) in [5.41, 5.74) is 0.965. The van der Waals surface area contributed by atoms with Crippen LogP contribution in [-0.4, -0.2) is 63.5 Å². The minimum absolute atomic E-state index is 0.0724. The van der Waals surface area contributed by atoms with Gasteiger partial charge in [0.1, 0.15) is 6.04 Å². The minimum Gasteiger partial charge on any atom is -0.384 e. The smallest absolute Gasteiger partial charge is 0.320 e. The average molecular weight is 482 g/mol. The van der Waals surface area contributed by atoms with E-state index in [9.17, 15) is 24.0 Å². The Bertz CT molecular complexity index is 1170. The lowest BCUT2D eigenvalue weighted by Gasteiger charge is -2.27. The standard InChI is InChI=1S/C23H27N7O5/c1-2-29-13-10-17(28-29)26-23(35)25-12-4-3-11-24-15-7-5-6-14-19(15)22(34)30(21(14)33)16-8-9-18(31)27-20(16)32/h5-7,10,13,16,24H,2-4,8-9,11-12H2,1H3,(H,27,31,32)(H2,25,26,28,35). The van der Waals surface area contributed by atoms with Gasteiger partial charge in [-0.05, 0) is 38.3 Å². The maximum absolute atomic E-state index is 13.1. The van der Waals surface area contributed by atoms with Crippen molar-refractivity contribution >= 4 is 41.2 Å². The summed E-state index contributed by atoms with van der Waals surface area (Å²) in [7, 11) is 0. The van der Waals surface area contributed by atoms with Crippen molar-refractivity contribution in [1.82, 2.24) is 25.3 Å². The predicted octanol–water partition coefficient (Wildman–Crippen LogP) is 1.32. The minimum atomic E-state index is -0.999. The summed E-state index contributed by atoms with van der Waals surface area (Å²) in [6.07, 6.45) is 3.36. The lowest BCUT2D eigenvalue weighted by Crippen LogP contribution is -2.54. The highest BCUT2D eigenvalue weighted by Gasteiger charge is 2.45. The van der Waals surface area contributed by atoms with E-state index >= 15 is 0 Å². The maximum atomic E-state index is 13.1. The van der Waals surface area contributed by atoms with Gasteiger partial charge in [-0.1, -0.05) is 6.07 Å². The molecule has 1 aromatic heterocycles. The molecule has 4 N–H and O–H groups in total. The van der Waals surface area contributed by atoms with Gasteiger partial charge in [0.15, 0.2) is 5.82 Å². The number of nitrogens with one attached hydrogen (secondary N) is 4. The molecule has 1 aromatic carbocycles. The van der Waals surface area contributed by atoms with Gasteiger partial charge in [-0.2, -0.15) is 5.10 Å². The highest BCUT2D eigenvalue weighted by molar-refractivity contribution is 6.25. The quantitative estimate of drug-likeness (QED) is 0.311. The molecule has 1 fully saturated rings. The van der Waals surface area contributed by atoms with E-state index in [2.05, 4.69) is 26.4 Å². The lowest BCUT2D eigenvalue weighted by atomic mass is 10.0. The number of rotatable bonds is 9. The fourth-order valence-corrected chi connectivity index (χ4v) is 4.10. The van der Waals surface area contributed by atoms with E-state index < -0.39 is 29.7 Å². The van der Waals surface area contributed by atoms with Gasteiger partial charge in [-0.3, -0.25) is 39.4 Å². The van der Waals surface area contributed by atoms with E-state index in [1.807, 2.05) is 6.92 Å². The van der Waals surface area contributed by atoms with E-state index in [1.54, 1.807) is 35.1 Å². The number of fused-ring (bicyclic) bond motifs is 1. The Morgan fingerprint density at radius 3 is 2.66 bits per heavy atom. The van der Waals surface area contributed by atoms with Gasteiger partial charge in [0.2, 0.25) is 11.8 Å². The molecule has 0 saturated carbocycles. The number of carbonyl (C=O) groups is 5. The second-order valence-electron chi connectivity index (χ2n) is 8.25. The highest BCUT2D eigenvalue weighted by Crippen LogP contribution is 2.32. The first-order valence-corrected chi connectivity index (χ1v) is 11.6. The SMILES string of the molecule is CCn1ccc(NC(=O)NCCCCNc2cccc3c2C(=O)N(C2CCC(=O)NC2=O)C3=O)n1. The Morgan fingerprint density at radius 2 is 1.91 bits per heavy atom. The fourth-order valence-electron chi connectivity index (χ4n) is 4.10. The molecule has 4 rings (SSSR count). The van der Waals surface area contributed by atoms with E-state index in [1.165, 1.54) is 0 Å². The van der Waals surface area contributed by atoms with Crippen LogP contribution in [0.25, 0.3) is 0 Å². The monoisotopic (exact) mass is 481 g/mol. The van der Waals surface area contributed by atoms with Crippen LogP contribution >= 0.6 is 0 Å². The summed E-state index contributed by atoms with van der Waals surface area (Å²) in [5.74, 6) is -1.66. The van der Waals surface area contributed by atoms with Crippen LogP contribution in [0.4, 0.5) is 16.3 Å². The molecular formula is C23H27N7O5. The van der Waals surface area contributed by atoms with Crippen LogP contribution in [0.3, 0.4) is 0 Å². The number of hydrogen-bond donors (Lipinski definition) is 4. The summed E-state index contributed by atoms with van der Waals surface area (Å²) in [4.78, 5) is 62.5. The van der Waals surface area contributed by atoms with Crippen molar-refractivity contribution in [2.75, 3.05) is 23.7 Å². The topological polar surface area (TPSA) is 155 Å². The zero-order chi connectivity index (χ0) is 24.9. The number of benzene rings is 1. The van der Waals surface area contributed by atoms with Crippen molar-refractivity contribution in [3.63, 3.8) is 0 Å². The number of urea groups is 1. The molecule has 6 amide bonds. The lowest BCUT2D eigenvalue weighted by molar-refractivity contribution is -0.136. The van der Waals surface area contributed by atoms with Gasteiger partial charge in [-0.25, -0.2) is 4.79 Å². The second-order valence-corrected chi connectivity index (χ2v) is 8.25. The highest BCUT2D eigenvalue weighted by atomic mass is 16.2. The third kappa shape index (κ3) is 5.15. The first kappa shape index (κ1) is 23.9. The molecule has 1 saturated heterocycles. The number of unbranched alkanes of at least 4 members (excludes halogenated alkanes) is 1. The van der Waals surface area contributed by atoms with Gasteiger partial charge in [-0.15, -0.1) is 0 Å². The van der Waals surface area contributed by atoms with Gasteiger partial charge in [0.05, 0.1) is 11.1 Å². The van der Waals surface area contributed by atoms with Crippen LogP contribution in [0.1, 0.15) is 53.3 Å². The zero-order valence-electron chi connectivity index (χ0n) is 19.3. The molecule has 0 bridgehead atoms. The first-order valence-electron chi connectivity index (χ1n) is 11.6. The molecule has 184 valence electrons. The molecule has 0 spiro atoms. The van der Waals surface area contributed by atoms with Crippen LogP contribution in [0.15, 0.2) is 30.5 Å². The molecule has 35 heavy (non-hydrogen) atoms. The van der Waals surface area contributed by atoms with Crippen LogP contribution in [0.2, 0.25) is 0 Å².